The highest BCUT2D eigenvalue weighted by atomic mass is 15.1. The van der Waals surface area contributed by atoms with Crippen LogP contribution in [-0.2, 0) is 19.3 Å². The zero-order chi connectivity index (χ0) is 16.3. The summed E-state index contributed by atoms with van der Waals surface area (Å²) < 4.78 is 0. The van der Waals surface area contributed by atoms with Crippen molar-refractivity contribution in [3.63, 3.8) is 0 Å². The number of benzene rings is 3. The fourth-order valence-electron chi connectivity index (χ4n) is 4.61. The summed E-state index contributed by atoms with van der Waals surface area (Å²) in [5.41, 5.74) is 13.1. The van der Waals surface area contributed by atoms with E-state index in [0.717, 1.165) is 19.3 Å². The molecule has 0 spiro atoms. The molecule has 0 radical (unpaired) electrons. The van der Waals surface area contributed by atoms with Gasteiger partial charge in [0.2, 0.25) is 0 Å². The number of anilines is 2. The summed E-state index contributed by atoms with van der Waals surface area (Å²) in [5.74, 6) is 0. The maximum absolute atomic E-state index is 2.44. The molecule has 0 aromatic heterocycles. The minimum absolute atomic E-state index is 1.05. The summed E-state index contributed by atoms with van der Waals surface area (Å²) in [6.45, 7) is 2.23. The summed E-state index contributed by atoms with van der Waals surface area (Å²) in [6, 6.07) is 20.3. The molecule has 0 unspecified atom stereocenters. The van der Waals surface area contributed by atoms with Crippen LogP contribution in [0.5, 0.6) is 0 Å². The van der Waals surface area contributed by atoms with Crippen LogP contribution in [0.15, 0.2) is 54.6 Å². The van der Waals surface area contributed by atoms with Gasteiger partial charge < -0.3 is 4.90 Å². The lowest BCUT2D eigenvalue weighted by atomic mass is 9.81. The second-order valence-corrected chi connectivity index (χ2v) is 7.15. The lowest BCUT2D eigenvalue weighted by Crippen LogP contribution is -2.23. The molecule has 5 rings (SSSR count). The van der Waals surface area contributed by atoms with Gasteiger partial charge in [0.1, 0.15) is 0 Å². The first-order valence-electron chi connectivity index (χ1n) is 8.75. The molecule has 0 saturated heterocycles. The summed E-state index contributed by atoms with van der Waals surface area (Å²) in [6.07, 6.45) is 3.17. The number of hydrogen-bond acceptors (Lipinski definition) is 1. The fourth-order valence-corrected chi connectivity index (χ4v) is 4.61. The Morgan fingerprint density at radius 2 is 1.25 bits per heavy atom. The van der Waals surface area contributed by atoms with E-state index >= 15 is 0 Å². The zero-order valence-electron chi connectivity index (χ0n) is 14.3. The highest BCUT2D eigenvalue weighted by Gasteiger charge is 2.27. The van der Waals surface area contributed by atoms with E-state index in [1.54, 1.807) is 0 Å². The third-order valence-electron chi connectivity index (χ3n) is 5.70. The van der Waals surface area contributed by atoms with E-state index in [4.69, 9.17) is 0 Å². The van der Waals surface area contributed by atoms with Gasteiger partial charge in [0.15, 0.2) is 0 Å². The van der Waals surface area contributed by atoms with Gasteiger partial charge in [-0.1, -0.05) is 54.6 Å². The molecule has 1 heterocycles. The molecule has 0 atom stereocenters. The first kappa shape index (κ1) is 13.9. The summed E-state index contributed by atoms with van der Waals surface area (Å²) in [4.78, 5) is 2.44. The van der Waals surface area contributed by atoms with E-state index < -0.39 is 0 Å². The van der Waals surface area contributed by atoms with Crippen molar-refractivity contribution in [3.05, 3.63) is 93.5 Å². The van der Waals surface area contributed by atoms with Gasteiger partial charge in [-0.3, -0.25) is 0 Å². The van der Waals surface area contributed by atoms with Crippen molar-refractivity contribution in [1.29, 1.82) is 0 Å². The Hall–Kier alpha value is -2.54. The molecular formula is C23H21N. The van der Waals surface area contributed by atoms with Crippen molar-refractivity contribution in [3.8, 4) is 0 Å². The van der Waals surface area contributed by atoms with Gasteiger partial charge >= 0.3 is 0 Å². The number of rotatable bonds is 0. The second-order valence-electron chi connectivity index (χ2n) is 7.15. The Balaban J connectivity index is 1.70. The molecule has 1 aliphatic carbocycles. The highest BCUT2D eigenvalue weighted by Crippen LogP contribution is 2.44. The molecule has 24 heavy (non-hydrogen) atoms. The summed E-state index contributed by atoms with van der Waals surface area (Å²) >= 11 is 0. The molecule has 1 heteroatoms. The second kappa shape index (κ2) is 4.98. The molecule has 0 bridgehead atoms. The SMILES string of the molecule is Cc1cccc2c1N(C)c1c(ccc3c1Cc1ccccc1C3)C2. The van der Waals surface area contributed by atoms with Gasteiger partial charge in [0.05, 0.1) is 0 Å². The number of fused-ring (bicyclic) bond motifs is 5. The zero-order valence-corrected chi connectivity index (χ0v) is 14.3. The molecule has 0 fully saturated rings. The average molecular weight is 311 g/mol. The van der Waals surface area contributed by atoms with Gasteiger partial charge in [-0.25, -0.2) is 0 Å². The molecule has 118 valence electrons. The lowest BCUT2D eigenvalue weighted by molar-refractivity contribution is 0.955. The van der Waals surface area contributed by atoms with Crippen molar-refractivity contribution in [2.75, 3.05) is 11.9 Å². The van der Waals surface area contributed by atoms with Gasteiger partial charge in [-0.2, -0.15) is 0 Å². The predicted octanol–water partition coefficient (Wildman–Crippen LogP) is 5.16. The van der Waals surface area contributed by atoms with E-state index in [1.165, 1.54) is 50.3 Å². The Bertz CT molecular complexity index is 968. The predicted molar refractivity (Wildman–Crippen MR) is 101 cm³/mol. The number of nitrogens with zero attached hydrogens (tertiary/aromatic N) is 1. The lowest BCUT2D eigenvalue weighted by Gasteiger charge is -2.35. The monoisotopic (exact) mass is 311 g/mol. The Labute approximate surface area is 143 Å². The maximum atomic E-state index is 2.44. The molecule has 1 nitrogen and oxygen atoms in total. The topological polar surface area (TPSA) is 3.24 Å². The third-order valence-corrected chi connectivity index (χ3v) is 5.70. The molecule has 2 aliphatic rings. The molecule has 0 saturated carbocycles. The van der Waals surface area contributed by atoms with Crippen LogP contribution in [0.4, 0.5) is 11.4 Å². The Kier molecular flexibility index (Phi) is 2.87. The van der Waals surface area contributed by atoms with Gasteiger partial charge in [0, 0.05) is 31.3 Å². The first-order valence-corrected chi connectivity index (χ1v) is 8.75. The van der Waals surface area contributed by atoms with E-state index in [9.17, 15) is 0 Å². The van der Waals surface area contributed by atoms with Crippen LogP contribution in [0.25, 0.3) is 0 Å². The van der Waals surface area contributed by atoms with Crippen molar-refractivity contribution in [1.82, 2.24) is 0 Å². The van der Waals surface area contributed by atoms with E-state index in [1.807, 2.05) is 0 Å². The Morgan fingerprint density at radius 1 is 0.625 bits per heavy atom. The van der Waals surface area contributed by atoms with Crippen molar-refractivity contribution in [2.24, 2.45) is 0 Å². The molecule has 0 amide bonds. The minimum Gasteiger partial charge on any atom is -0.344 e. The van der Waals surface area contributed by atoms with Crippen molar-refractivity contribution in [2.45, 2.75) is 26.2 Å². The largest absolute Gasteiger partial charge is 0.344 e. The van der Waals surface area contributed by atoms with Crippen LogP contribution in [0.1, 0.15) is 38.9 Å². The van der Waals surface area contributed by atoms with Gasteiger partial charge in [0.25, 0.3) is 0 Å². The van der Waals surface area contributed by atoms with Crippen LogP contribution in [-0.4, -0.2) is 7.05 Å². The van der Waals surface area contributed by atoms with Crippen LogP contribution < -0.4 is 4.90 Å². The van der Waals surface area contributed by atoms with E-state index in [-0.39, 0.29) is 0 Å². The average Bonchev–Trinajstić information content (AvgIpc) is 2.59. The van der Waals surface area contributed by atoms with Crippen molar-refractivity contribution < 1.29 is 0 Å². The number of hydrogen-bond donors (Lipinski definition) is 0. The normalized spacial score (nSPS) is 14.5. The molecule has 3 aromatic carbocycles. The van der Waals surface area contributed by atoms with Crippen molar-refractivity contribution >= 4 is 11.4 Å². The van der Waals surface area contributed by atoms with E-state index in [0.29, 0.717) is 0 Å². The first-order chi connectivity index (χ1) is 11.7. The van der Waals surface area contributed by atoms with E-state index in [2.05, 4.69) is 73.5 Å². The van der Waals surface area contributed by atoms with Crippen LogP contribution in [0, 0.1) is 6.92 Å². The van der Waals surface area contributed by atoms with Crippen LogP contribution >= 0.6 is 0 Å². The highest BCUT2D eigenvalue weighted by molar-refractivity contribution is 5.80. The molecule has 0 N–H and O–H groups in total. The summed E-state index contributed by atoms with van der Waals surface area (Å²) in [5, 5.41) is 0. The number of aryl methyl sites for hydroxylation is 1. The standard InChI is InChI=1S/C23H21N/c1-15-6-5-9-19-13-20-11-10-18-12-16-7-3-4-8-17(16)14-21(18)23(20)24(2)22(15)19/h3-11H,12-14H2,1-2H3. The Morgan fingerprint density at radius 3 is 2.08 bits per heavy atom. The molecule has 3 aromatic rings. The fraction of sp³-hybridized carbons (Fsp3) is 0.217. The van der Waals surface area contributed by atoms with Crippen LogP contribution in [0.3, 0.4) is 0 Å². The number of para-hydroxylation sites is 1. The minimum atomic E-state index is 1.05. The maximum Gasteiger partial charge on any atom is 0.0483 e. The third kappa shape index (κ3) is 1.88. The van der Waals surface area contributed by atoms with Gasteiger partial charge in [-0.05, 0) is 52.3 Å². The van der Waals surface area contributed by atoms with Crippen LogP contribution in [0.2, 0.25) is 0 Å². The smallest absolute Gasteiger partial charge is 0.0483 e. The van der Waals surface area contributed by atoms with Gasteiger partial charge in [-0.15, -0.1) is 0 Å². The molecule has 1 aliphatic heterocycles. The summed E-state index contributed by atoms with van der Waals surface area (Å²) in [7, 11) is 2.24. The quantitative estimate of drug-likeness (QED) is 0.433. The molecular weight excluding hydrogens is 290 g/mol.